The van der Waals surface area contributed by atoms with Gasteiger partial charge in [0.05, 0.1) is 35.6 Å². The van der Waals surface area contributed by atoms with Crippen LogP contribution in [-0.4, -0.2) is 34.9 Å². The maximum atomic E-state index is 12.3. The summed E-state index contributed by atoms with van der Waals surface area (Å²) in [6.07, 6.45) is 3.52. The zero-order valence-electron chi connectivity index (χ0n) is 14.7. The Morgan fingerprint density at radius 1 is 1.26 bits per heavy atom. The fraction of sp³-hybridized carbons (Fsp3) is 0.316. The topological polar surface area (TPSA) is 87.5 Å². The Morgan fingerprint density at radius 3 is 2.96 bits per heavy atom. The molecule has 3 amide bonds. The van der Waals surface area contributed by atoms with E-state index >= 15 is 0 Å². The summed E-state index contributed by atoms with van der Waals surface area (Å²) < 4.78 is 6.30. The second-order valence-electron chi connectivity index (χ2n) is 6.46. The number of furan rings is 1. The lowest BCUT2D eigenvalue weighted by atomic mass is 10.2. The van der Waals surface area contributed by atoms with E-state index in [-0.39, 0.29) is 25.0 Å². The van der Waals surface area contributed by atoms with Crippen molar-refractivity contribution in [2.75, 3.05) is 13.1 Å². The van der Waals surface area contributed by atoms with Crippen LogP contribution < -0.4 is 10.6 Å². The van der Waals surface area contributed by atoms with Crippen molar-refractivity contribution in [2.24, 2.45) is 0 Å². The summed E-state index contributed by atoms with van der Waals surface area (Å²) in [7, 11) is 0. The number of amides is 3. The van der Waals surface area contributed by atoms with E-state index < -0.39 is 6.03 Å². The lowest BCUT2D eigenvalue weighted by Crippen LogP contribution is -2.44. The Morgan fingerprint density at radius 2 is 2.15 bits per heavy atom. The Balaban J connectivity index is 1.33. The van der Waals surface area contributed by atoms with Crippen LogP contribution in [0, 0.1) is 0 Å². The molecule has 2 N–H and O–H groups in total. The molecule has 3 aromatic rings. The lowest BCUT2D eigenvalue weighted by molar-refractivity contribution is -0.121. The van der Waals surface area contributed by atoms with Gasteiger partial charge in [-0.2, -0.15) is 0 Å². The molecular formula is C19H20N4O3S. The van der Waals surface area contributed by atoms with Crippen molar-refractivity contribution in [3.05, 3.63) is 53.4 Å². The molecule has 1 aliphatic rings. The van der Waals surface area contributed by atoms with Crippen molar-refractivity contribution < 1.29 is 14.0 Å². The minimum atomic E-state index is -0.521. The number of hydrogen-bond donors (Lipinski definition) is 2. The molecule has 1 atom stereocenters. The number of urea groups is 1. The number of nitrogens with zero attached hydrogens (tertiary/aromatic N) is 2. The molecular weight excluding hydrogens is 364 g/mol. The summed E-state index contributed by atoms with van der Waals surface area (Å²) in [5.41, 5.74) is 0.992. The Kier molecular flexibility index (Phi) is 5.17. The largest absolute Gasteiger partial charge is 0.467 e. The summed E-state index contributed by atoms with van der Waals surface area (Å²) in [5, 5.41) is 6.02. The van der Waals surface area contributed by atoms with Crippen LogP contribution in [-0.2, 0) is 11.3 Å². The van der Waals surface area contributed by atoms with Crippen LogP contribution in [0.25, 0.3) is 10.2 Å². The smallest absolute Gasteiger partial charge is 0.321 e. The van der Waals surface area contributed by atoms with Gasteiger partial charge in [0.15, 0.2) is 0 Å². The van der Waals surface area contributed by atoms with E-state index in [2.05, 4.69) is 21.6 Å². The van der Waals surface area contributed by atoms with Crippen LogP contribution >= 0.6 is 11.3 Å². The average Bonchev–Trinajstić information content (AvgIpc) is 3.39. The first-order valence-corrected chi connectivity index (χ1v) is 9.70. The molecule has 0 bridgehead atoms. The minimum absolute atomic E-state index is 0.124. The number of nitrogens with one attached hydrogen (secondary N) is 2. The summed E-state index contributed by atoms with van der Waals surface area (Å²) >= 11 is 1.67. The molecule has 4 rings (SSSR count). The van der Waals surface area contributed by atoms with Crippen LogP contribution in [0.4, 0.5) is 4.79 Å². The average molecular weight is 384 g/mol. The molecule has 0 unspecified atom stereocenters. The summed E-state index contributed by atoms with van der Waals surface area (Å²) in [4.78, 5) is 31.0. The maximum Gasteiger partial charge on any atom is 0.321 e. The third-order valence-corrected chi connectivity index (χ3v) is 5.70. The van der Waals surface area contributed by atoms with Crippen LogP contribution in [0.5, 0.6) is 0 Å². The SMILES string of the molecule is O=C(CN1CCC[C@@H]1c1nc2ccccc2s1)NC(=O)NCc1ccco1. The van der Waals surface area contributed by atoms with E-state index in [1.54, 1.807) is 23.5 Å². The first-order valence-electron chi connectivity index (χ1n) is 8.88. The predicted molar refractivity (Wildman–Crippen MR) is 102 cm³/mol. The fourth-order valence-corrected chi connectivity index (χ4v) is 4.44. The molecule has 1 aromatic carbocycles. The van der Waals surface area contributed by atoms with Gasteiger partial charge < -0.3 is 9.73 Å². The highest BCUT2D eigenvalue weighted by Gasteiger charge is 2.30. The molecule has 0 radical (unpaired) electrons. The van der Waals surface area contributed by atoms with Gasteiger partial charge in [0.25, 0.3) is 0 Å². The van der Waals surface area contributed by atoms with Gasteiger partial charge in [0, 0.05) is 0 Å². The third kappa shape index (κ3) is 4.17. The maximum absolute atomic E-state index is 12.3. The van der Waals surface area contributed by atoms with Crippen molar-refractivity contribution in [1.29, 1.82) is 0 Å². The zero-order chi connectivity index (χ0) is 18.6. The quantitative estimate of drug-likeness (QED) is 0.706. The number of likely N-dealkylation sites (tertiary alicyclic amines) is 1. The summed E-state index contributed by atoms with van der Waals surface area (Å²) in [5.74, 6) is 0.313. The molecule has 0 aliphatic carbocycles. The molecule has 3 heterocycles. The van der Waals surface area contributed by atoms with E-state index in [1.807, 2.05) is 18.2 Å². The van der Waals surface area contributed by atoms with Crippen molar-refractivity contribution in [3.8, 4) is 0 Å². The predicted octanol–water partition coefficient (Wildman–Crippen LogP) is 3.05. The van der Waals surface area contributed by atoms with Gasteiger partial charge in [-0.05, 0) is 43.7 Å². The van der Waals surface area contributed by atoms with Crippen molar-refractivity contribution in [3.63, 3.8) is 0 Å². The number of thiazole rings is 1. The van der Waals surface area contributed by atoms with E-state index in [0.29, 0.717) is 5.76 Å². The molecule has 1 fully saturated rings. The zero-order valence-corrected chi connectivity index (χ0v) is 15.5. The number of carbonyl (C=O) groups is 2. The third-order valence-electron chi connectivity index (χ3n) is 4.56. The highest BCUT2D eigenvalue weighted by molar-refractivity contribution is 7.18. The number of benzene rings is 1. The molecule has 0 saturated carbocycles. The summed E-state index contributed by atoms with van der Waals surface area (Å²) in [6.45, 7) is 1.24. The molecule has 140 valence electrons. The van der Waals surface area contributed by atoms with Gasteiger partial charge in [-0.25, -0.2) is 9.78 Å². The van der Waals surface area contributed by atoms with Crippen molar-refractivity contribution in [2.45, 2.75) is 25.4 Å². The highest BCUT2D eigenvalue weighted by Crippen LogP contribution is 2.36. The van der Waals surface area contributed by atoms with Gasteiger partial charge in [-0.3, -0.25) is 15.0 Å². The normalized spacial score (nSPS) is 17.3. The molecule has 1 saturated heterocycles. The molecule has 8 heteroatoms. The van der Waals surface area contributed by atoms with Crippen LogP contribution in [0.1, 0.15) is 29.7 Å². The molecule has 7 nitrogen and oxygen atoms in total. The second kappa shape index (κ2) is 7.89. The molecule has 1 aliphatic heterocycles. The van der Waals surface area contributed by atoms with E-state index in [4.69, 9.17) is 9.40 Å². The fourth-order valence-electron chi connectivity index (χ4n) is 3.30. The number of para-hydroxylation sites is 1. The van der Waals surface area contributed by atoms with Gasteiger partial charge in [-0.15, -0.1) is 11.3 Å². The number of fused-ring (bicyclic) bond motifs is 1. The van der Waals surface area contributed by atoms with E-state index in [1.165, 1.54) is 6.26 Å². The monoisotopic (exact) mass is 384 g/mol. The van der Waals surface area contributed by atoms with E-state index in [0.717, 1.165) is 34.6 Å². The van der Waals surface area contributed by atoms with Gasteiger partial charge >= 0.3 is 6.03 Å². The number of rotatable bonds is 5. The molecule has 2 aromatic heterocycles. The molecule has 0 spiro atoms. The minimum Gasteiger partial charge on any atom is -0.467 e. The van der Waals surface area contributed by atoms with Crippen molar-refractivity contribution >= 4 is 33.5 Å². The van der Waals surface area contributed by atoms with Crippen LogP contribution in [0.2, 0.25) is 0 Å². The van der Waals surface area contributed by atoms with Gasteiger partial charge in [0.2, 0.25) is 5.91 Å². The Hall–Kier alpha value is -2.71. The molecule has 27 heavy (non-hydrogen) atoms. The number of aromatic nitrogens is 1. The second-order valence-corrected chi connectivity index (χ2v) is 7.52. The van der Waals surface area contributed by atoms with Gasteiger partial charge in [0.1, 0.15) is 10.8 Å². The summed E-state index contributed by atoms with van der Waals surface area (Å²) in [6, 6.07) is 11.2. The number of imide groups is 1. The lowest BCUT2D eigenvalue weighted by Gasteiger charge is -2.21. The van der Waals surface area contributed by atoms with Crippen molar-refractivity contribution in [1.82, 2.24) is 20.5 Å². The number of carbonyl (C=O) groups excluding carboxylic acids is 2. The van der Waals surface area contributed by atoms with Gasteiger partial charge in [-0.1, -0.05) is 12.1 Å². The van der Waals surface area contributed by atoms with E-state index in [9.17, 15) is 9.59 Å². The first-order chi connectivity index (χ1) is 13.2. The first kappa shape index (κ1) is 17.7. The Labute approximate surface area is 160 Å². The Bertz CT molecular complexity index is 904. The standard InChI is InChI=1S/C19H20N4O3S/c24-17(22-19(25)20-11-13-5-4-10-26-13)12-23-9-3-7-15(23)18-21-14-6-1-2-8-16(14)27-18/h1-2,4-6,8,10,15H,3,7,9,11-12H2,(H2,20,22,24,25)/t15-/m1/s1. The highest BCUT2D eigenvalue weighted by atomic mass is 32.1. The van der Waals surface area contributed by atoms with Crippen LogP contribution in [0.3, 0.4) is 0 Å². The van der Waals surface area contributed by atoms with Crippen LogP contribution in [0.15, 0.2) is 47.1 Å². The number of hydrogen-bond acceptors (Lipinski definition) is 6.